The van der Waals surface area contributed by atoms with E-state index < -0.39 is 11.0 Å². The number of non-ortho nitro benzene ring substituents is 1. The number of rotatable bonds is 7. The van der Waals surface area contributed by atoms with Crippen molar-refractivity contribution in [3.05, 3.63) is 93.5 Å². The molecule has 1 aliphatic rings. The highest BCUT2D eigenvalue weighted by Gasteiger charge is 2.30. The van der Waals surface area contributed by atoms with Crippen LogP contribution in [0.5, 0.6) is 11.5 Å². The summed E-state index contributed by atoms with van der Waals surface area (Å²) in [4.78, 5) is 26.4. The van der Waals surface area contributed by atoms with Crippen LogP contribution in [0.4, 0.5) is 11.4 Å². The van der Waals surface area contributed by atoms with E-state index >= 15 is 0 Å². The quantitative estimate of drug-likeness (QED) is 0.355. The molecule has 3 aromatic carbocycles. The molecule has 1 heterocycles. The van der Waals surface area contributed by atoms with Crippen molar-refractivity contribution < 1.29 is 19.2 Å². The van der Waals surface area contributed by atoms with Crippen LogP contribution < -0.4 is 14.8 Å². The summed E-state index contributed by atoms with van der Waals surface area (Å²) < 4.78 is 11.1. The molecule has 1 atom stereocenters. The number of carbonyl (C=O) groups excluding carboxylic acids is 1. The third-order valence-electron chi connectivity index (χ3n) is 5.92. The third kappa shape index (κ3) is 6.13. The van der Waals surface area contributed by atoms with Crippen molar-refractivity contribution in [2.24, 2.45) is 0 Å². The number of hydrogen-bond acceptors (Lipinski definition) is 6. The van der Waals surface area contributed by atoms with Gasteiger partial charge in [0.2, 0.25) is 5.91 Å². The molecule has 0 saturated heterocycles. The first-order valence-electron chi connectivity index (χ1n) is 11.8. The van der Waals surface area contributed by atoms with Crippen molar-refractivity contribution in [3.63, 3.8) is 0 Å². The number of nitro benzene ring substituents is 1. The zero-order valence-electron chi connectivity index (χ0n) is 21.0. The summed E-state index contributed by atoms with van der Waals surface area (Å²) in [6.07, 6.45) is 0.462. The highest BCUT2D eigenvalue weighted by atomic mass is 16.6. The Bertz CT molecular complexity index is 1230. The number of benzene rings is 3. The molecule has 1 aliphatic heterocycles. The van der Waals surface area contributed by atoms with E-state index in [4.69, 9.17) is 9.47 Å². The maximum absolute atomic E-state index is 13.7. The monoisotopic (exact) mass is 489 g/mol. The van der Waals surface area contributed by atoms with Crippen LogP contribution in [0.15, 0.2) is 66.7 Å². The van der Waals surface area contributed by atoms with Gasteiger partial charge in [0.25, 0.3) is 5.69 Å². The number of nitrogens with zero attached hydrogens (tertiary/aromatic N) is 2. The molecule has 8 heteroatoms. The zero-order chi connectivity index (χ0) is 25.9. The predicted octanol–water partition coefficient (Wildman–Crippen LogP) is 5.35. The third-order valence-corrected chi connectivity index (χ3v) is 5.92. The van der Waals surface area contributed by atoms with Crippen LogP contribution >= 0.6 is 0 Å². The summed E-state index contributed by atoms with van der Waals surface area (Å²) in [6.45, 7) is 6.63. The molecule has 0 fully saturated rings. The van der Waals surface area contributed by atoms with E-state index in [9.17, 15) is 14.9 Å². The van der Waals surface area contributed by atoms with Gasteiger partial charge in [-0.2, -0.15) is 0 Å². The molecule has 0 radical (unpaired) electrons. The number of methoxy groups -OCH3 is 1. The number of hydrogen-bond donors (Lipinski definition) is 1. The van der Waals surface area contributed by atoms with Crippen molar-refractivity contribution in [1.82, 2.24) is 4.90 Å². The smallest absolute Gasteiger partial charge is 0.269 e. The lowest BCUT2D eigenvalue weighted by Crippen LogP contribution is -2.41. The summed E-state index contributed by atoms with van der Waals surface area (Å²) in [5, 5.41) is 14.7. The zero-order valence-corrected chi connectivity index (χ0v) is 21.0. The van der Waals surface area contributed by atoms with Gasteiger partial charge in [-0.05, 0) is 62.2 Å². The summed E-state index contributed by atoms with van der Waals surface area (Å²) in [6, 6.07) is 19.5. The normalized spacial score (nSPS) is 15.5. The lowest BCUT2D eigenvalue weighted by Gasteiger charge is -2.25. The second kappa shape index (κ2) is 10.3. The average molecular weight is 490 g/mol. The Morgan fingerprint density at radius 1 is 1.00 bits per heavy atom. The van der Waals surface area contributed by atoms with Gasteiger partial charge >= 0.3 is 0 Å². The first kappa shape index (κ1) is 25.0. The van der Waals surface area contributed by atoms with Crippen molar-refractivity contribution in [3.8, 4) is 11.5 Å². The number of anilines is 1. The van der Waals surface area contributed by atoms with Crippen molar-refractivity contribution in [2.45, 2.75) is 51.9 Å². The maximum Gasteiger partial charge on any atom is 0.269 e. The van der Waals surface area contributed by atoms with Crippen LogP contribution in [0.1, 0.15) is 37.5 Å². The van der Waals surface area contributed by atoms with Gasteiger partial charge in [-0.25, -0.2) is 0 Å². The van der Waals surface area contributed by atoms with Gasteiger partial charge < -0.3 is 19.7 Å². The standard InChI is InChI=1S/C28H31N3O5/c1-28(2,3)36-24-12-5-19(6-13-24)15-26-27(32)30(17-20-7-10-23(35-4)11-8-20)18-21-16-22(31(33)34)9-14-25(21)29-26/h5-14,16,26,29H,15,17-18H2,1-4H3/t26-/m0/s1. The van der Waals surface area contributed by atoms with Gasteiger partial charge in [0.05, 0.1) is 12.0 Å². The molecule has 8 nitrogen and oxygen atoms in total. The molecule has 0 unspecified atom stereocenters. The number of ether oxygens (including phenoxy) is 2. The molecule has 1 amide bonds. The van der Waals surface area contributed by atoms with Crippen molar-refractivity contribution in [2.75, 3.05) is 12.4 Å². The second-order valence-corrected chi connectivity index (χ2v) is 9.90. The van der Waals surface area contributed by atoms with E-state index in [1.165, 1.54) is 12.1 Å². The second-order valence-electron chi connectivity index (χ2n) is 9.90. The largest absolute Gasteiger partial charge is 0.497 e. The van der Waals surface area contributed by atoms with Crippen LogP contribution in [-0.4, -0.2) is 34.5 Å². The van der Waals surface area contributed by atoms with E-state index in [2.05, 4.69) is 5.32 Å². The fraction of sp³-hybridized carbons (Fsp3) is 0.321. The first-order chi connectivity index (χ1) is 17.1. The molecule has 36 heavy (non-hydrogen) atoms. The van der Waals surface area contributed by atoms with E-state index in [1.54, 1.807) is 18.1 Å². The minimum absolute atomic E-state index is 0.000263. The molecule has 0 aliphatic carbocycles. The lowest BCUT2D eigenvalue weighted by molar-refractivity contribution is -0.384. The SMILES string of the molecule is COc1ccc(CN2Cc3cc([N+](=O)[O-])ccc3N[C@@H](Cc3ccc(OC(C)(C)C)cc3)C2=O)cc1. The number of amides is 1. The van der Waals surface area contributed by atoms with E-state index in [0.717, 1.165) is 28.3 Å². The topological polar surface area (TPSA) is 93.9 Å². The van der Waals surface area contributed by atoms with Crippen LogP contribution in [0.2, 0.25) is 0 Å². The maximum atomic E-state index is 13.7. The minimum Gasteiger partial charge on any atom is -0.497 e. The fourth-order valence-electron chi connectivity index (χ4n) is 4.23. The number of nitrogens with one attached hydrogen (secondary N) is 1. The van der Waals surface area contributed by atoms with Gasteiger partial charge in [0, 0.05) is 42.9 Å². The van der Waals surface area contributed by atoms with Gasteiger partial charge in [0.15, 0.2) is 0 Å². The van der Waals surface area contributed by atoms with E-state index in [1.807, 2.05) is 69.3 Å². The molecular weight excluding hydrogens is 458 g/mol. The van der Waals surface area contributed by atoms with Crippen LogP contribution in [-0.2, 0) is 24.3 Å². The molecule has 1 N–H and O–H groups in total. The van der Waals surface area contributed by atoms with Gasteiger partial charge in [-0.1, -0.05) is 24.3 Å². The Balaban J connectivity index is 1.61. The Morgan fingerprint density at radius 2 is 1.64 bits per heavy atom. The molecular formula is C28H31N3O5. The number of fused-ring (bicyclic) bond motifs is 1. The molecule has 0 spiro atoms. The van der Waals surface area contributed by atoms with Gasteiger partial charge in [-0.3, -0.25) is 14.9 Å². The van der Waals surface area contributed by atoms with E-state index in [0.29, 0.717) is 18.5 Å². The van der Waals surface area contributed by atoms with E-state index in [-0.39, 0.29) is 23.7 Å². The lowest BCUT2D eigenvalue weighted by atomic mass is 10.0. The van der Waals surface area contributed by atoms with Crippen molar-refractivity contribution in [1.29, 1.82) is 0 Å². The minimum atomic E-state index is -0.527. The summed E-state index contributed by atoms with van der Waals surface area (Å²) >= 11 is 0. The predicted molar refractivity (Wildman–Crippen MR) is 138 cm³/mol. The summed E-state index contributed by atoms with van der Waals surface area (Å²) in [7, 11) is 1.61. The Hall–Kier alpha value is -4.07. The fourth-order valence-corrected chi connectivity index (χ4v) is 4.23. The Labute approximate surface area is 211 Å². The van der Waals surface area contributed by atoms with Crippen LogP contribution in [0, 0.1) is 10.1 Å². The molecule has 0 saturated carbocycles. The summed E-state index contributed by atoms with van der Waals surface area (Å²) in [5.41, 5.74) is 3.07. The van der Waals surface area contributed by atoms with Gasteiger partial charge in [0.1, 0.15) is 23.1 Å². The molecule has 0 aromatic heterocycles. The highest BCUT2D eigenvalue weighted by molar-refractivity contribution is 5.87. The van der Waals surface area contributed by atoms with Crippen molar-refractivity contribution >= 4 is 17.3 Å². The summed E-state index contributed by atoms with van der Waals surface area (Å²) in [5.74, 6) is 1.44. The van der Waals surface area contributed by atoms with Crippen LogP contribution in [0.3, 0.4) is 0 Å². The Morgan fingerprint density at radius 3 is 2.25 bits per heavy atom. The Kier molecular flexibility index (Phi) is 7.15. The number of carbonyl (C=O) groups is 1. The van der Waals surface area contributed by atoms with Gasteiger partial charge in [-0.15, -0.1) is 0 Å². The van der Waals surface area contributed by atoms with Crippen LogP contribution in [0.25, 0.3) is 0 Å². The average Bonchev–Trinajstić information content (AvgIpc) is 2.96. The number of nitro groups is 1. The molecule has 3 aromatic rings. The molecule has 188 valence electrons. The first-order valence-corrected chi connectivity index (χ1v) is 11.8. The highest BCUT2D eigenvalue weighted by Crippen LogP contribution is 2.29. The molecule has 0 bridgehead atoms. The molecule has 4 rings (SSSR count).